The summed E-state index contributed by atoms with van der Waals surface area (Å²) in [5, 5.41) is 14.3. The van der Waals surface area contributed by atoms with Gasteiger partial charge in [-0.2, -0.15) is 0 Å². The van der Waals surface area contributed by atoms with Crippen molar-refractivity contribution in [2.24, 2.45) is 0 Å². The Morgan fingerprint density at radius 1 is 1.53 bits per heavy atom. The molecule has 1 N–H and O–H groups in total. The molecule has 0 aromatic heterocycles. The molecule has 1 saturated heterocycles. The predicted molar refractivity (Wildman–Crippen MR) is 68.2 cm³/mol. The van der Waals surface area contributed by atoms with E-state index in [4.69, 9.17) is 0 Å². The van der Waals surface area contributed by atoms with Gasteiger partial charge in [0.1, 0.15) is 0 Å². The Bertz CT molecular complexity index is 321. The average Bonchev–Trinajstić information content (AvgIpc) is 2.30. The lowest BCUT2D eigenvalue weighted by Crippen LogP contribution is -2.25. The van der Waals surface area contributed by atoms with Gasteiger partial charge in [-0.15, -0.1) is 11.8 Å². The summed E-state index contributed by atoms with van der Waals surface area (Å²) in [5.74, 6) is 0.488. The zero-order valence-electron chi connectivity index (χ0n) is 10.0. The number of nitrogens with zero attached hydrogens (tertiary/aromatic N) is 1. The number of rotatable bonds is 6. The second-order valence-electron chi connectivity index (χ2n) is 3.94. The van der Waals surface area contributed by atoms with Crippen molar-refractivity contribution in [2.45, 2.75) is 39.0 Å². The molecule has 0 aromatic carbocycles. The van der Waals surface area contributed by atoms with Gasteiger partial charge in [0.05, 0.1) is 4.92 Å². The van der Waals surface area contributed by atoms with Crippen molar-refractivity contribution in [3.05, 3.63) is 20.8 Å². The van der Waals surface area contributed by atoms with E-state index in [0.29, 0.717) is 11.6 Å². The summed E-state index contributed by atoms with van der Waals surface area (Å²) in [6, 6.07) is 0. The molecule has 96 valence electrons. The maximum atomic E-state index is 11.8. The van der Waals surface area contributed by atoms with Gasteiger partial charge in [0, 0.05) is 18.7 Å². The third-order valence-electron chi connectivity index (χ3n) is 2.52. The molecule has 17 heavy (non-hydrogen) atoms. The third kappa shape index (κ3) is 4.38. The minimum atomic E-state index is -0.547. The third-order valence-corrected chi connectivity index (χ3v) is 3.64. The van der Waals surface area contributed by atoms with Crippen LogP contribution in [0.2, 0.25) is 0 Å². The summed E-state index contributed by atoms with van der Waals surface area (Å²) in [7, 11) is 0. The minimum absolute atomic E-state index is 0.245. The van der Waals surface area contributed by atoms with Crippen LogP contribution < -0.4 is 5.32 Å². The van der Waals surface area contributed by atoms with Crippen LogP contribution in [0.25, 0.3) is 0 Å². The fraction of sp³-hybridized carbons (Fsp3) is 0.727. The van der Waals surface area contributed by atoms with Gasteiger partial charge in [0.15, 0.2) is 5.03 Å². The second kappa shape index (κ2) is 7.32. The molecule has 0 amide bonds. The van der Waals surface area contributed by atoms with Gasteiger partial charge in [-0.1, -0.05) is 19.8 Å². The summed E-state index contributed by atoms with van der Waals surface area (Å²) >= 11 is 1.37. The van der Waals surface area contributed by atoms with Crippen molar-refractivity contribution < 1.29 is 9.72 Å². The first-order valence-corrected chi connectivity index (χ1v) is 6.94. The van der Waals surface area contributed by atoms with E-state index in [1.54, 1.807) is 0 Å². The smallest absolute Gasteiger partial charge is 0.341 e. The van der Waals surface area contributed by atoms with Crippen LogP contribution in [0.1, 0.15) is 39.0 Å². The van der Waals surface area contributed by atoms with Crippen LogP contribution >= 0.6 is 11.8 Å². The molecule has 0 atom stereocenters. The van der Waals surface area contributed by atoms with Gasteiger partial charge in [-0.3, -0.25) is 14.9 Å². The molecule has 1 fully saturated rings. The molecule has 0 radical (unpaired) electrons. The number of hydrogen-bond acceptors (Lipinski definition) is 5. The summed E-state index contributed by atoms with van der Waals surface area (Å²) in [5.41, 5.74) is -0.245. The van der Waals surface area contributed by atoms with Crippen LogP contribution in [0.15, 0.2) is 10.7 Å². The van der Waals surface area contributed by atoms with E-state index in [1.165, 1.54) is 11.8 Å². The molecular formula is C11H18N2O3S. The first-order valence-electron chi connectivity index (χ1n) is 5.95. The molecule has 1 aliphatic rings. The van der Waals surface area contributed by atoms with E-state index in [2.05, 4.69) is 5.32 Å². The Morgan fingerprint density at radius 3 is 2.82 bits per heavy atom. The highest BCUT2D eigenvalue weighted by atomic mass is 32.2. The standard InChI is InChI=1S/C11H18N2O3S/c1-2-3-4-6-9(14)10(13(15)16)11-12-7-5-8-17-11/h12H,2-8H2,1H3/b11-10+. The quantitative estimate of drug-likeness (QED) is 0.342. The Labute approximate surface area is 105 Å². The second-order valence-corrected chi connectivity index (χ2v) is 5.05. The van der Waals surface area contributed by atoms with Gasteiger partial charge in [0.2, 0.25) is 5.78 Å². The number of allylic oxidation sites excluding steroid dienone is 1. The molecule has 0 aliphatic carbocycles. The Morgan fingerprint density at radius 2 is 2.29 bits per heavy atom. The van der Waals surface area contributed by atoms with E-state index < -0.39 is 4.92 Å². The van der Waals surface area contributed by atoms with Gasteiger partial charge in [0.25, 0.3) is 0 Å². The number of ketones is 1. The lowest BCUT2D eigenvalue weighted by Gasteiger charge is -2.15. The molecule has 6 heteroatoms. The lowest BCUT2D eigenvalue weighted by atomic mass is 10.1. The molecule has 0 aromatic rings. The largest absolute Gasteiger partial charge is 0.374 e. The van der Waals surface area contributed by atoms with Crippen LogP contribution in [0.4, 0.5) is 0 Å². The normalized spacial score (nSPS) is 18.4. The number of carbonyl (C=O) groups is 1. The van der Waals surface area contributed by atoms with E-state index in [9.17, 15) is 14.9 Å². The summed E-state index contributed by atoms with van der Waals surface area (Å²) < 4.78 is 0. The highest BCUT2D eigenvalue weighted by Gasteiger charge is 2.28. The molecular weight excluding hydrogens is 240 g/mol. The van der Waals surface area contributed by atoms with E-state index in [-0.39, 0.29) is 17.9 Å². The summed E-state index contributed by atoms with van der Waals surface area (Å²) in [4.78, 5) is 22.2. The fourth-order valence-electron chi connectivity index (χ4n) is 1.62. The molecule has 0 spiro atoms. The minimum Gasteiger partial charge on any atom is -0.374 e. The van der Waals surface area contributed by atoms with Crippen LogP contribution in [-0.2, 0) is 4.79 Å². The average molecular weight is 258 g/mol. The summed E-state index contributed by atoms with van der Waals surface area (Å²) in [6.07, 6.45) is 3.92. The molecule has 0 saturated carbocycles. The van der Waals surface area contributed by atoms with Crippen LogP contribution in [0.5, 0.6) is 0 Å². The first-order chi connectivity index (χ1) is 8.16. The molecule has 5 nitrogen and oxygen atoms in total. The van der Waals surface area contributed by atoms with Crippen LogP contribution in [0, 0.1) is 10.1 Å². The number of thioether (sulfide) groups is 1. The van der Waals surface area contributed by atoms with Crippen molar-refractivity contribution in [1.29, 1.82) is 0 Å². The van der Waals surface area contributed by atoms with Crippen LogP contribution in [-0.4, -0.2) is 23.0 Å². The maximum absolute atomic E-state index is 11.8. The molecule has 0 bridgehead atoms. The summed E-state index contributed by atoms with van der Waals surface area (Å²) in [6.45, 7) is 2.75. The SMILES string of the molecule is CCCCCC(=O)/C(=C1/NCCCS1)[N+](=O)[O-]. The maximum Gasteiger partial charge on any atom is 0.341 e. The van der Waals surface area contributed by atoms with Gasteiger partial charge in [-0.25, -0.2) is 0 Å². The lowest BCUT2D eigenvalue weighted by molar-refractivity contribution is -0.419. The van der Waals surface area contributed by atoms with Crippen molar-refractivity contribution in [1.82, 2.24) is 5.32 Å². The first kappa shape index (κ1) is 14.0. The number of nitrogens with one attached hydrogen (secondary N) is 1. The zero-order chi connectivity index (χ0) is 12.7. The highest BCUT2D eigenvalue weighted by Crippen LogP contribution is 2.23. The molecule has 0 unspecified atom stereocenters. The van der Waals surface area contributed by atoms with E-state index in [0.717, 1.165) is 31.4 Å². The van der Waals surface area contributed by atoms with Crippen molar-refractivity contribution >= 4 is 17.5 Å². The van der Waals surface area contributed by atoms with Crippen molar-refractivity contribution in [2.75, 3.05) is 12.3 Å². The van der Waals surface area contributed by atoms with Gasteiger partial charge >= 0.3 is 5.70 Å². The van der Waals surface area contributed by atoms with Gasteiger partial charge in [-0.05, 0) is 12.8 Å². The van der Waals surface area contributed by atoms with Gasteiger partial charge < -0.3 is 5.32 Å². The highest BCUT2D eigenvalue weighted by molar-refractivity contribution is 8.03. The zero-order valence-corrected chi connectivity index (χ0v) is 10.8. The molecule has 1 rings (SSSR count). The fourth-order valence-corrected chi connectivity index (χ4v) is 2.64. The number of unbranched alkanes of at least 4 members (excludes halogenated alkanes) is 2. The number of hydrogen-bond donors (Lipinski definition) is 1. The molecule has 1 heterocycles. The van der Waals surface area contributed by atoms with Crippen LogP contribution in [0.3, 0.4) is 0 Å². The Kier molecular flexibility index (Phi) is 6.04. The number of Topliss-reactive ketones (excluding diaryl/α,β-unsaturated/α-hetero) is 1. The van der Waals surface area contributed by atoms with Crippen molar-refractivity contribution in [3.8, 4) is 0 Å². The number of carbonyl (C=O) groups excluding carboxylic acids is 1. The van der Waals surface area contributed by atoms with E-state index >= 15 is 0 Å². The Balaban J connectivity index is 2.70. The Hall–Kier alpha value is -1.04. The molecule has 1 aliphatic heterocycles. The number of nitro groups is 1. The predicted octanol–water partition coefficient (Wildman–Crippen LogP) is 2.31. The topological polar surface area (TPSA) is 72.2 Å². The monoisotopic (exact) mass is 258 g/mol. The van der Waals surface area contributed by atoms with E-state index in [1.807, 2.05) is 6.92 Å². The van der Waals surface area contributed by atoms with Crippen molar-refractivity contribution in [3.63, 3.8) is 0 Å².